The van der Waals surface area contributed by atoms with E-state index in [0.717, 1.165) is 35.3 Å². The number of aromatic amines is 1. The number of pyridine rings is 1. The molecule has 1 aliphatic carbocycles. The van der Waals surface area contributed by atoms with E-state index in [1.54, 1.807) is 6.07 Å². The van der Waals surface area contributed by atoms with Crippen LogP contribution in [0, 0.1) is 19.7 Å². The second-order valence-electron chi connectivity index (χ2n) is 7.19. The highest BCUT2D eigenvalue weighted by Gasteiger charge is 2.29. The number of hydrogen-bond donors (Lipinski definition) is 1. The first-order valence-electron chi connectivity index (χ1n) is 8.87. The normalized spacial score (nSPS) is 14.3. The van der Waals surface area contributed by atoms with E-state index in [1.807, 2.05) is 30.5 Å². The van der Waals surface area contributed by atoms with Gasteiger partial charge in [0.2, 0.25) is 0 Å². The van der Waals surface area contributed by atoms with Crippen molar-refractivity contribution in [2.75, 3.05) is 0 Å². The van der Waals surface area contributed by atoms with Crippen molar-refractivity contribution in [2.24, 2.45) is 0 Å². The lowest BCUT2D eigenvalue weighted by Crippen LogP contribution is -2.25. The molecule has 1 N–H and O–H groups in total. The maximum absolute atomic E-state index is 15.0. The minimum absolute atomic E-state index is 0.220. The fourth-order valence-electron chi connectivity index (χ4n) is 3.87. The molecule has 0 aliphatic heterocycles. The first-order chi connectivity index (χ1) is 12.9. The van der Waals surface area contributed by atoms with Gasteiger partial charge in [0.15, 0.2) is 0 Å². The van der Waals surface area contributed by atoms with Crippen molar-refractivity contribution in [3.63, 3.8) is 0 Å². The summed E-state index contributed by atoms with van der Waals surface area (Å²) in [6.45, 7) is 3.75. The number of hydrogen-bond acceptors (Lipinski definition) is 3. The van der Waals surface area contributed by atoms with Gasteiger partial charge in [-0.15, -0.1) is 0 Å². The maximum atomic E-state index is 15.0. The van der Waals surface area contributed by atoms with E-state index in [9.17, 15) is 9.59 Å². The molecule has 1 fully saturated rings. The van der Waals surface area contributed by atoms with Crippen LogP contribution in [0.25, 0.3) is 27.8 Å². The van der Waals surface area contributed by atoms with Crippen LogP contribution in [0.3, 0.4) is 0 Å². The van der Waals surface area contributed by atoms with Crippen molar-refractivity contribution in [3.8, 4) is 11.1 Å². The molecule has 1 aliphatic rings. The van der Waals surface area contributed by atoms with Crippen molar-refractivity contribution in [2.45, 2.75) is 32.7 Å². The lowest BCUT2D eigenvalue weighted by molar-refractivity contribution is 0.632. The van der Waals surface area contributed by atoms with Gasteiger partial charge in [-0.05, 0) is 50.5 Å². The van der Waals surface area contributed by atoms with Crippen LogP contribution in [0.5, 0.6) is 0 Å². The quantitative estimate of drug-likeness (QED) is 0.594. The molecule has 1 saturated carbocycles. The topological polar surface area (TPSA) is 72.2 Å². The van der Waals surface area contributed by atoms with Gasteiger partial charge in [0.1, 0.15) is 11.5 Å². The lowest BCUT2D eigenvalue weighted by atomic mass is 10.0. The molecule has 3 aromatic heterocycles. The Kier molecular flexibility index (Phi) is 3.19. The third kappa shape index (κ3) is 2.42. The summed E-state index contributed by atoms with van der Waals surface area (Å²) in [5.74, 6) is -0.416. The highest BCUT2D eigenvalue weighted by atomic mass is 19.1. The average Bonchev–Trinajstić information content (AvgIpc) is 3.35. The van der Waals surface area contributed by atoms with Crippen molar-refractivity contribution in [1.82, 2.24) is 18.9 Å². The van der Waals surface area contributed by atoms with Gasteiger partial charge in [0.05, 0.1) is 11.0 Å². The molecule has 6 nitrogen and oxygen atoms in total. The Morgan fingerprint density at radius 2 is 1.74 bits per heavy atom. The van der Waals surface area contributed by atoms with Crippen molar-refractivity contribution in [3.05, 3.63) is 68.4 Å². The molecule has 0 radical (unpaired) electrons. The van der Waals surface area contributed by atoms with E-state index in [4.69, 9.17) is 0 Å². The van der Waals surface area contributed by atoms with Gasteiger partial charge in [-0.1, -0.05) is 0 Å². The van der Waals surface area contributed by atoms with Crippen molar-refractivity contribution < 1.29 is 4.39 Å². The first kappa shape index (κ1) is 16.0. The van der Waals surface area contributed by atoms with Crippen LogP contribution in [-0.4, -0.2) is 18.9 Å². The predicted molar refractivity (Wildman–Crippen MR) is 101 cm³/mol. The fraction of sp³-hybridized carbons (Fsp3) is 0.250. The molecule has 5 rings (SSSR count). The smallest absolute Gasteiger partial charge is 0.322 e. The molecule has 0 bridgehead atoms. The highest BCUT2D eigenvalue weighted by Crippen LogP contribution is 2.40. The molecule has 27 heavy (non-hydrogen) atoms. The largest absolute Gasteiger partial charge is 0.334 e. The molecule has 7 heteroatoms. The number of rotatable bonds is 2. The van der Waals surface area contributed by atoms with Gasteiger partial charge < -0.3 is 4.57 Å². The Labute approximate surface area is 152 Å². The van der Waals surface area contributed by atoms with Crippen LogP contribution >= 0.6 is 0 Å². The lowest BCUT2D eigenvalue weighted by Gasteiger charge is -2.08. The molecule has 1 aromatic carbocycles. The van der Waals surface area contributed by atoms with Crippen molar-refractivity contribution >= 4 is 16.7 Å². The number of imidazole rings is 1. The zero-order valence-electron chi connectivity index (χ0n) is 14.9. The van der Waals surface area contributed by atoms with E-state index < -0.39 is 17.1 Å². The Morgan fingerprint density at radius 3 is 2.41 bits per heavy atom. The van der Waals surface area contributed by atoms with Crippen LogP contribution < -0.4 is 11.2 Å². The van der Waals surface area contributed by atoms with E-state index >= 15 is 4.39 Å². The Balaban J connectivity index is 1.92. The molecule has 0 spiro atoms. The molecule has 0 unspecified atom stereocenters. The number of nitrogens with one attached hydrogen (secondary N) is 1. The summed E-state index contributed by atoms with van der Waals surface area (Å²) in [5.41, 5.74) is 3.54. The molecule has 136 valence electrons. The maximum Gasteiger partial charge on any atom is 0.334 e. The fourth-order valence-corrected chi connectivity index (χ4v) is 3.87. The zero-order valence-corrected chi connectivity index (χ0v) is 14.9. The van der Waals surface area contributed by atoms with E-state index in [2.05, 4.69) is 9.97 Å². The second kappa shape index (κ2) is 5.39. The van der Waals surface area contributed by atoms with Crippen LogP contribution in [-0.2, 0) is 0 Å². The Hall–Kier alpha value is -3.22. The third-order valence-corrected chi connectivity index (χ3v) is 5.04. The number of aryl methyl sites for hydroxylation is 2. The summed E-state index contributed by atoms with van der Waals surface area (Å²) in [6.07, 6.45) is 1.95. The number of halogens is 1. The monoisotopic (exact) mass is 364 g/mol. The van der Waals surface area contributed by atoms with E-state index in [0.29, 0.717) is 16.7 Å². The molecule has 3 heterocycles. The number of fused-ring (bicyclic) bond motifs is 3. The summed E-state index contributed by atoms with van der Waals surface area (Å²) in [7, 11) is 0. The number of H-pyrrole nitrogens is 1. The number of aromatic nitrogens is 4. The van der Waals surface area contributed by atoms with E-state index in [-0.39, 0.29) is 6.04 Å². The molecule has 0 atom stereocenters. The van der Waals surface area contributed by atoms with Crippen LogP contribution in [0.1, 0.15) is 30.3 Å². The Bertz CT molecular complexity index is 1340. The molecule has 0 amide bonds. The van der Waals surface area contributed by atoms with Gasteiger partial charge in [-0.2, -0.15) is 0 Å². The molecular formula is C20H17FN4O2. The van der Waals surface area contributed by atoms with E-state index in [1.165, 1.54) is 16.5 Å². The molecule has 0 saturated heterocycles. The van der Waals surface area contributed by atoms with Crippen molar-refractivity contribution in [1.29, 1.82) is 0 Å². The van der Waals surface area contributed by atoms with Gasteiger partial charge in [-0.25, -0.2) is 13.6 Å². The SMILES string of the molecule is Cc1cc(-c2cc3c(cc2F)n2c(=O)[nH]c(=O)cc2n3C2CC2)cc(C)n1. The average molecular weight is 364 g/mol. The minimum Gasteiger partial charge on any atom is -0.322 e. The third-order valence-electron chi connectivity index (χ3n) is 5.04. The minimum atomic E-state index is -0.551. The second-order valence-corrected chi connectivity index (χ2v) is 7.19. The zero-order chi connectivity index (χ0) is 18.9. The van der Waals surface area contributed by atoms with Gasteiger partial charge in [0, 0.05) is 35.1 Å². The summed E-state index contributed by atoms with van der Waals surface area (Å²) in [6, 6.07) is 8.46. The highest BCUT2D eigenvalue weighted by molar-refractivity contribution is 5.87. The number of benzene rings is 1. The van der Waals surface area contributed by atoms with Gasteiger partial charge >= 0.3 is 5.69 Å². The van der Waals surface area contributed by atoms with Gasteiger partial charge in [-0.3, -0.25) is 14.8 Å². The summed E-state index contributed by atoms with van der Waals surface area (Å²) in [5, 5.41) is 0. The predicted octanol–water partition coefficient (Wildman–Crippen LogP) is 3.10. The summed E-state index contributed by atoms with van der Waals surface area (Å²) >= 11 is 0. The van der Waals surface area contributed by atoms with Gasteiger partial charge in [0.25, 0.3) is 5.56 Å². The van der Waals surface area contributed by atoms with Crippen LogP contribution in [0.15, 0.2) is 39.9 Å². The molecular weight excluding hydrogens is 347 g/mol. The van der Waals surface area contributed by atoms with Crippen LogP contribution in [0.4, 0.5) is 4.39 Å². The Morgan fingerprint density at radius 1 is 1.04 bits per heavy atom. The standard InChI is InChI=1S/C20H17FN4O2/c1-10-5-12(6-11(2)22-10)14-7-16-17(8-15(14)21)25-19(24(16)13-3-4-13)9-18(26)23-20(25)27/h5-9,13H,3-4H2,1-2H3,(H,23,26,27). The number of nitrogens with zero attached hydrogens (tertiary/aromatic N) is 3. The molecule has 4 aromatic rings. The summed E-state index contributed by atoms with van der Waals surface area (Å²) < 4.78 is 18.4. The van der Waals surface area contributed by atoms with Crippen LogP contribution in [0.2, 0.25) is 0 Å². The first-order valence-corrected chi connectivity index (χ1v) is 8.87. The summed E-state index contributed by atoms with van der Waals surface area (Å²) in [4.78, 5) is 30.9.